The van der Waals surface area contributed by atoms with Crippen molar-refractivity contribution in [1.82, 2.24) is 0 Å². The van der Waals surface area contributed by atoms with Crippen molar-refractivity contribution < 1.29 is 4.39 Å². The van der Waals surface area contributed by atoms with Crippen molar-refractivity contribution in [2.45, 2.75) is 12.5 Å². The molecule has 2 aromatic carbocycles. The third-order valence-electron chi connectivity index (χ3n) is 3.26. The van der Waals surface area contributed by atoms with E-state index in [1.54, 1.807) is 17.4 Å². The van der Waals surface area contributed by atoms with Crippen LogP contribution in [0.15, 0.2) is 48.5 Å². The average Bonchev–Trinajstić information content (AvgIpc) is 2.86. The van der Waals surface area contributed by atoms with Gasteiger partial charge in [0.25, 0.3) is 0 Å². The van der Waals surface area contributed by atoms with Gasteiger partial charge in [0, 0.05) is 20.6 Å². The van der Waals surface area contributed by atoms with Gasteiger partial charge in [-0.15, -0.1) is 11.3 Å². The molecule has 0 bridgehead atoms. The zero-order valence-corrected chi connectivity index (χ0v) is 12.2. The Morgan fingerprint density at radius 1 is 1.15 bits per heavy atom. The Balaban J connectivity index is 1.86. The van der Waals surface area contributed by atoms with Crippen molar-refractivity contribution in [3.63, 3.8) is 0 Å². The fourth-order valence-corrected chi connectivity index (χ4v) is 3.52. The van der Waals surface area contributed by atoms with Crippen LogP contribution in [0.25, 0.3) is 10.1 Å². The first-order valence-electron chi connectivity index (χ1n) is 6.31. The highest BCUT2D eigenvalue weighted by atomic mass is 35.5. The quantitative estimate of drug-likeness (QED) is 0.729. The number of hydrogen-bond acceptors (Lipinski definition) is 2. The highest BCUT2D eigenvalue weighted by Crippen LogP contribution is 2.31. The van der Waals surface area contributed by atoms with Crippen LogP contribution in [0, 0.1) is 5.82 Å². The van der Waals surface area contributed by atoms with Crippen LogP contribution in [0.5, 0.6) is 0 Å². The van der Waals surface area contributed by atoms with Gasteiger partial charge >= 0.3 is 0 Å². The summed E-state index contributed by atoms with van der Waals surface area (Å²) in [6.07, 6.45) is 0.603. The van der Waals surface area contributed by atoms with Gasteiger partial charge in [0.15, 0.2) is 0 Å². The Morgan fingerprint density at radius 2 is 1.95 bits per heavy atom. The summed E-state index contributed by atoms with van der Waals surface area (Å²) in [7, 11) is 0. The van der Waals surface area contributed by atoms with E-state index in [2.05, 4.69) is 18.2 Å². The molecule has 1 unspecified atom stereocenters. The standard InChI is InChI=1S/C16H13ClFNS/c17-13-9-12(18)6-5-10(13)7-14(19)16-8-11-3-1-2-4-15(11)20-16/h1-6,8-9,14H,7,19H2. The third-order valence-corrected chi connectivity index (χ3v) is 4.86. The predicted molar refractivity (Wildman–Crippen MR) is 83.9 cm³/mol. The van der Waals surface area contributed by atoms with Gasteiger partial charge in [-0.1, -0.05) is 35.9 Å². The van der Waals surface area contributed by atoms with E-state index in [1.807, 2.05) is 12.1 Å². The van der Waals surface area contributed by atoms with Crippen molar-refractivity contribution in [3.8, 4) is 0 Å². The van der Waals surface area contributed by atoms with Gasteiger partial charge in [-0.05, 0) is 41.6 Å². The van der Waals surface area contributed by atoms with Crippen LogP contribution in [0.4, 0.5) is 4.39 Å². The van der Waals surface area contributed by atoms with E-state index in [0.29, 0.717) is 11.4 Å². The fourth-order valence-electron chi connectivity index (χ4n) is 2.21. The first-order valence-corrected chi connectivity index (χ1v) is 7.51. The van der Waals surface area contributed by atoms with Crippen LogP contribution in [0.2, 0.25) is 5.02 Å². The minimum Gasteiger partial charge on any atom is -0.323 e. The molecule has 4 heteroatoms. The van der Waals surface area contributed by atoms with Crippen LogP contribution in [-0.2, 0) is 6.42 Å². The normalized spacial score (nSPS) is 12.8. The van der Waals surface area contributed by atoms with Crippen molar-refractivity contribution >= 4 is 33.0 Å². The highest BCUT2D eigenvalue weighted by molar-refractivity contribution is 7.19. The first-order chi connectivity index (χ1) is 9.63. The molecule has 0 aliphatic rings. The van der Waals surface area contributed by atoms with Gasteiger partial charge < -0.3 is 5.73 Å². The zero-order chi connectivity index (χ0) is 14.1. The molecule has 1 atom stereocenters. The summed E-state index contributed by atoms with van der Waals surface area (Å²) in [4.78, 5) is 1.12. The summed E-state index contributed by atoms with van der Waals surface area (Å²) in [5.41, 5.74) is 7.13. The molecule has 3 rings (SSSR count). The Morgan fingerprint density at radius 3 is 2.70 bits per heavy atom. The molecule has 2 N–H and O–H groups in total. The molecular weight excluding hydrogens is 293 g/mol. The second-order valence-electron chi connectivity index (χ2n) is 4.73. The molecule has 0 spiro atoms. The van der Waals surface area contributed by atoms with Gasteiger partial charge in [-0.3, -0.25) is 0 Å². The van der Waals surface area contributed by atoms with Crippen molar-refractivity contribution in [2.75, 3.05) is 0 Å². The molecule has 1 nitrogen and oxygen atoms in total. The number of rotatable bonds is 3. The predicted octanol–water partition coefficient (Wildman–Crippen LogP) is 4.94. The number of fused-ring (bicyclic) bond motifs is 1. The van der Waals surface area contributed by atoms with Crippen LogP contribution in [-0.4, -0.2) is 0 Å². The minimum absolute atomic E-state index is 0.129. The first kappa shape index (κ1) is 13.6. The van der Waals surface area contributed by atoms with Crippen LogP contribution < -0.4 is 5.73 Å². The SMILES string of the molecule is NC(Cc1ccc(F)cc1Cl)c1cc2ccccc2s1. The Hall–Kier alpha value is -1.42. The molecule has 1 heterocycles. The summed E-state index contributed by atoms with van der Waals surface area (Å²) < 4.78 is 14.3. The van der Waals surface area contributed by atoms with Crippen LogP contribution in [0.3, 0.4) is 0 Å². The van der Waals surface area contributed by atoms with Crippen LogP contribution >= 0.6 is 22.9 Å². The maximum atomic E-state index is 13.0. The van der Waals surface area contributed by atoms with Gasteiger partial charge in [-0.25, -0.2) is 4.39 Å². The number of nitrogens with two attached hydrogens (primary N) is 1. The molecule has 20 heavy (non-hydrogen) atoms. The smallest absolute Gasteiger partial charge is 0.124 e. The third kappa shape index (κ3) is 2.70. The zero-order valence-electron chi connectivity index (χ0n) is 10.6. The summed E-state index contributed by atoms with van der Waals surface area (Å²) in [5.74, 6) is -0.325. The van der Waals surface area contributed by atoms with E-state index in [1.165, 1.54) is 22.2 Å². The van der Waals surface area contributed by atoms with Crippen LogP contribution in [0.1, 0.15) is 16.5 Å². The minimum atomic E-state index is -0.325. The molecule has 102 valence electrons. The Bertz CT molecular complexity index is 720. The maximum Gasteiger partial charge on any atom is 0.124 e. The van der Waals surface area contributed by atoms with E-state index >= 15 is 0 Å². The summed E-state index contributed by atoms with van der Waals surface area (Å²) in [5, 5.41) is 1.63. The van der Waals surface area contributed by atoms with E-state index in [-0.39, 0.29) is 11.9 Å². The number of thiophene rings is 1. The second kappa shape index (κ2) is 5.52. The van der Waals surface area contributed by atoms with Gasteiger partial charge in [-0.2, -0.15) is 0 Å². The molecular formula is C16H13ClFNS. The topological polar surface area (TPSA) is 26.0 Å². The lowest BCUT2D eigenvalue weighted by Crippen LogP contribution is -2.12. The maximum absolute atomic E-state index is 13.0. The number of halogens is 2. The molecule has 0 amide bonds. The molecule has 0 aliphatic heterocycles. The van der Waals surface area contributed by atoms with Crippen molar-refractivity contribution in [3.05, 3.63) is 69.8 Å². The second-order valence-corrected chi connectivity index (χ2v) is 6.26. The van der Waals surface area contributed by atoms with E-state index in [4.69, 9.17) is 17.3 Å². The van der Waals surface area contributed by atoms with E-state index in [9.17, 15) is 4.39 Å². The molecule has 0 aliphatic carbocycles. The fraction of sp³-hybridized carbons (Fsp3) is 0.125. The molecule has 0 saturated heterocycles. The van der Waals surface area contributed by atoms with E-state index < -0.39 is 0 Å². The molecule has 3 aromatic rings. The lowest BCUT2D eigenvalue weighted by Gasteiger charge is -2.10. The monoisotopic (exact) mass is 305 g/mol. The molecule has 0 fully saturated rings. The number of benzene rings is 2. The van der Waals surface area contributed by atoms with E-state index in [0.717, 1.165) is 10.4 Å². The van der Waals surface area contributed by atoms with Gasteiger partial charge in [0.1, 0.15) is 5.82 Å². The van der Waals surface area contributed by atoms with Crippen molar-refractivity contribution in [1.29, 1.82) is 0 Å². The molecule has 0 saturated carbocycles. The molecule has 1 aromatic heterocycles. The summed E-state index contributed by atoms with van der Waals surface area (Å²) in [6, 6.07) is 14.6. The van der Waals surface area contributed by atoms with Gasteiger partial charge in [0.2, 0.25) is 0 Å². The lowest BCUT2D eigenvalue weighted by atomic mass is 10.0. The average molecular weight is 306 g/mol. The molecule has 0 radical (unpaired) electrons. The highest BCUT2D eigenvalue weighted by Gasteiger charge is 2.13. The van der Waals surface area contributed by atoms with Crippen molar-refractivity contribution in [2.24, 2.45) is 5.73 Å². The summed E-state index contributed by atoms with van der Waals surface area (Å²) in [6.45, 7) is 0. The number of hydrogen-bond donors (Lipinski definition) is 1. The Labute approximate surface area is 125 Å². The summed E-state index contributed by atoms with van der Waals surface area (Å²) >= 11 is 7.74. The lowest BCUT2D eigenvalue weighted by molar-refractivity contribution is 0.626. The van der Waals surface area contributed by atoms with Gasteiger partial charge in [0.05, 0.1) is 0 Å². The Kier molecular flexibility index (Phi) is 3.74. The largest absolute Gasteiger partial charge is 0.323 e.